The van der Waals surface area contributed by atoms with E-state index in [1.54, 1.807) is 0 Å². The van der Waals surface area contributed by atoms with Crippen molar-refractivity contribution in [3.05, 3.63) is 45.7 Å². The molecule has 0 saturated carbocycles. The SMILES string of the molecule is IC1=COC(c2ccccc2)C1. The van der Waals surface area contributed by atoms with Gasteiger partial charge in [-0.2, -0.15) is 0 Å². The Morgan fingerprint density at radius 2 is 2.00 bits per heavy atom. The predicted molar refractivity (Wildman–Crippen MR) is 57.0 cm³/mol. The first-order valence-corrected chi connectivity index (χ1v) is 4.99. The standard InChI is InChI=1S/C10H9IO/c11-9-6-10(12-7-9)8-4-2-1-3-5-8/h1-5,7,10H,6H2. The fourth-order valence-corrected chi connectivity index (χ4v) is 1.84. The fraction of sp³-hybridized carbons (Fsp3) is 0.200. The minimum atomic E-state index is 0.248. The van der Waals surface area contributed by atoms with Crippen LogP contribution < -0.4 is 0 Å². The molecule has 1 atom stereocenters. The monoisotopic (exact) mass is 272 g/mol. The van der Waals surface area contributed by atoms with E-state index in [4.69, 9.17) is 4.74 Å². The molecule has 0 N–H and O–H groups in total. The molecular weight excluding hydrogens is 263 g/mol. The van der Waals surface area contributed by atoms with Crippen molar-refractivity contribution in [1.82, 2.24) is 0 Å². The maximum absolute atomic E-state index is 5.48. The number of rotatable bonds is 1. The summed E-state index contributed by atoms with van der Waals surface area (Å²) in [6, 6.07) is 10.3. The largest absolute Gasteiger partial charge is 0.492 e. The fourth-order valence-electron chi connectivity index (χ4n) is 1.29. The molecule has 0 bridgehead atoms. The van der Waals surface area contributed by atoms with Gasteiger partial charge in [0.05, 0.1) is 6.26 Å². The Labute approximate surface area is 85.6 Å². The van der Waals surface area contributed by atoms with E-state index in [1.165, 1.54) is 9.14 Å². The molecular formula is C10H9IO. The maximum atomic E-state index is 5.48. The number of halogens is 1. The number of hydrogen-bond acceptors (Lipinski definition) is 1. The van der Waals surface area contributed by atoms with Crippen LogP contribution >= 0.6 is 22.6 Å². The van der Waals surface area contributed by atoms with Gasteiger partial charge < -0.3 is 4.74 Å². The Morgan fingerprint density at radius 3 is 2.58 bits per heavy atom. The Hall–Kier alpha value is -0.510. The first kappa shape index (κ1) is 8.10. The van der Waals surface area contributed by atoms with Gasteiger partial charge in [0.1, 0.15) is 6.10 Å². The average molecular weight is 272 g/mol. The number of benzene rings is 1. The van der Waals surface area contributed by atoms with Crippen LogP contribution in [0.4, 0.5) is 0 Å². The Bertz CT molecular complexity index is 292. The minimum absolute atomic E-state index is 0.248. The van der Waals surface area contributed by atoms with Crippen LogP contribution in [-0.4, -0.2) is 0 Å². The molecule has 1 aromatic carbocycles. The summed E-state index contributed by atoms with van der Waals surface area (Å²) in [5, 5.41) is 0. The summed E-state index contributed by atoms with van der Waals surface area (Å²) in [6.45, 7) is 0. The van der Waals surface area contributed by atoms with Crippen molar-refractivity contribution in [2.45, 2.75) is 12.5 Å². The highest BCUT2D eigenvalue weighted by molar-refractivity contribution is 14.1. The van der Waals surface area contributed by atoms with Gasteiger partial charge in [-0.15, -0.1) is 0 Å². The van der Waals surface area contributed by atoms with Crippen LogP contribution in [0.2, 0.25) is 0 Å². The molecule has 0 spiro atoms. The van der Waals surface area contributed by atoms with Gasteiger partial charge in [0.15, 0.2) is 0 Å². The van der Waals surface area contributed by atoms with Crippen LogP contribution in [0.3, 0.4) is 0 Å². The van der Waals surface area contributed by atoms with Gasteiger partial charge in [0.25, 0.3) is 0 Å². The Kier molecular flexibility index (Phi) is 2.35. The molecule has 0 amide bonds. The third-order valence-electron chi connectivity index (χ3n) is 1.91. The molecule has 0 saturated heterocycles. The molecule has 0 fully saturated rings. The number of hydrogen-bond donors (Lipinski definition) is 0. The zero-order valence-corrected chi connectivity index (χ0v) is 8.69. The second-order valence-corrected chi connectivity index (χ2v) is 4.19. The van der Waals surface area contributed by atoms with Gasteiger partial charge in [-0.25, -0.2) is 0 Å². The lowest BCUT2D eigenvalue weighted by Crippen LogP contribution is -1.94. The second kappa shape index (κ2) is 3.47. The lowest BCUT2D eigenvalue weighted by atomic mass is 10.1. The molecule has 0 aromatic heterocycles. The first-order chi connectivity index (χ1) is 5.86. The minimum Gasteiger partial charge on any atom is -0.492 e. The van der Waals surface area contributed by atoms with Crippen LogP contribution in [0.25, 0.3) is 0 Å². The van der Waals surface area contributed by atoms with E-state index in [0.717, 1.165) is 6.42 Å². The highest BCUT2D eigenvalue weighted by Crippen LogP contribution is 2.33. The van der Waals surface area contributed by atoms with Gasteiger partial charge in [-0.05, 0) is 28.2 Å². The molecule has 62 valence electrons. The topological polar surface area (TPSA) is 9.23 Å². The molecule has 1 aliphatic rings. The van der Waals surface area contributed by atoms with Crippen LogP contribution in [0.1, 0.15) is 18.1 Å². The average Bonchev–Trinajstić information content (AvgIpc) is 2.54. The molecule has 1 aromatic rings. The van der Waals surface area contributed by atoms with Crippen LogP contribution in [0.15, 0.2) is 40.2 Å². The zero-order valence-electron chi connectivity index (χ0n) is 6.53. The van der Waals surface area contributed by atoms with Crippen LogP contribution in [0.5, 0.6) is 0 Å². The van der Waals surface area contributed by atoms with Gasteiger partial charge in [-0.3, -0.25) is 0 Å². The van der Waals surface area contributed by atoms with E-state index in [9.17, 15) is 0 Å². The lowest BCUT2D eigenvalue weighted by molar-refractivity contribution is 0.173. The summed E-state index contributed by atoms with van der Waals surface area (Å²) >= 11 is 2.31. The summed E-state index contributed by atoms with van der Waals surface area (Å²) < 4.78 is 6.77. The van der Waals surface area contributed by atoms with Gasteiger partial charge in [0, 0.05) is 10.0 Å². The second-order valence-electron chi connectivity index (χ2n) is 2.80. The first-order valence-electron chi connectivity index (χ1n) is 3.91. The Morgan fingerprint density at radius 1 is 1.25 bits per heavy atom. The van der Waals surface area contributed by atoms with Crippen molar-refractivity contribution in [3.63, 3.8) is 0 Å². The molecule has 12 heavy (non-hydrogen) atoms. The molecule has 2 heteroatoms. The Balaban J connectivity index is 2.14. The van der Waals surface area contributed by atoms with Crippen molar-refractivity contribution < 1.29 is 4.74 Å². The third kappa shape index (κ3) is 1.63. The predicted octanol–water partition coefficient (Wildman–Crippen LogP) is 3.42. The van der Waals surface area contributed by atoms with Gasteiger partial charge in [-0.1, -0.05) is 30.3 Å². The van der Waals surface area contributed by atoms with Crippen molar-refractivity contribution in [2.24, 2.45) is 0 Å². The molecule has 1 nitrogen and oxygen atoms in total. The molecule has 0 radical (unpaired) electrons. The van der Waals surface area contributed by atoms with E-state index in [-0.39, 0.29) is 6.10 Å². The quantitative estimate of drug-likeness (QED) is 0.712. The summed E-state index contributed by atoms with van der Waals surface area (Å²) in [5.74, 6) is 0. The van der Waals surface area contributed by atoms with Crippen LogP contribution in [0, 0.1) is 0 Å². The normalized spacial score (nSPS) is 21.8. The summed E-state index contributed by atoms with van der Waals surface area (Å²) in [5.41, 5.74) is 1.26. The summed E-state index contributed by atoms with van der Waals surface area (Å²) in [6.07, 6.45) is 3.11. The van der Waals surface area contributed by atoms with E-state index < -0.39 is 0 Å². The smallest absolute Gasteiger partial charge is 0.127 e. The highest BCUT2D eigenvalue weighted by atomic mass is 127. The van der Waals surface area contributed by atoms with Gasteiger partial charge in [0.2, 0.25) is 0 Å². The molecule has 2 rings (SSSR count). The van der Waals surface area contributed by atoms with Crippen molar-refractivity contribution in [3.8, 4) is 0 Å². The van der Waals surface area contributed by atoms with Crippen molar-refractivity contribution in [1.29, 1.82) is 0 Å². The summed E-state index contributed by atoms with van der Waals surface area (Å²) in [7, 11) is 0. The third-order valence-corrected chi connectivity index (χ3v) is 2.61. The number of ether oxygens (including phenoxy) is 1. The molecule has 0 aliphatic carbocycles. The maximum Gasteiger partial charge on any atom is 0.127 e. The zero-order chi connectivity index (χ0) is 8.39. The highest BCUT2D eigenvalue weighted by Gasteiger charge is 2.17. The van der Waals surface area contributed by atoms with E-state index in [1.807, 2.05) is 24.5 Å². The molecule has 1 unspecified atom stereocenters. The van der Waals surface area contributed by atoms with Crippen molar-refractivity contribution >= 4 is 22.6 Å². The van der Waals surface area contributed by atoms with E-state index >= 15 is 0 Å². The van der Waals surface area contributed by atoms with Gasteiger partial charge >= 0.3 is 0 Å². The van der Waals surface area contributed by atoms with Crippen molar-refractivity contribution in [2.75, 3.05) is 0 Å². The van der Waals surface area contributed by atoms with E-state index in [0.29, 0.717) is 0 Å². The molecule has 1 aliphatic heterocycles. The lowest BCUT2D eigenvalue weighted by Gasteiger charge is -2.09. The summed E-state index contributed by atoms with van der Waals surface area (Å²) in [4.78, 5) is 0. The van der Waals surface area contributed by atoms with E-state index in [2.05, 4.69) is 34.7 Å². The van der Waals surface area contributed by atoms with Crippen LogP contribution in [-0.2, 0) is 4.74 Å². The molecule has 1 heterocycles.